The van der Waals surface area contributed by atoms with E-state index in [0.29, 0.717) is 0 Å². The van der Waals surface area contributed by atoms with E-state index >= 15 is 0 Å². The fourth-order valence-corrected chi connectivity index (χ4v) is 2.09. The summed E-state index contributed by atoms with van der Waals surface area (Å²) < 4.78 is 0. The van der Waals surface area contributed by atoms with Gasteiger partial charge in [0, 0.05) is 11.6 Å². The summed E-state index contributed by atoms with van der Waals surface area (Å²) >= 11 is 0. The number of hydrogen-bond acceptors (Lipinski definition) is 2. The highest BCUT2D eigenvalue weighted by molar-refractivity contribution is 4.85. The summed E-state index contributed by atoms with van der Waals surface area (Å²) in [6, 6.07) is 0.788. The highest BCUT2D eigenvalue weighted by Crippen LogP contribution is 2.22. The predicted molar refractivity (Wildman–Crippen MR) is 58.0 cm³/mol. The first kappa shape index (κ1) is 11.0. The van der Waals surface area contributed by atoms with E-state index in [1.807, 2.05) is 0 Å². The van der Waals surface area contributed by atoms with Gasteiger partial charge in [0.25, 0.3) is 0 Å². The third-order valence-electron chi connectivity index (χ3n) is 3.34. The molecular weight excluding hydrogens is 160 g/mol. The molecule has 0 spiro atoms. The van der Waals surface area contributed by atoms with Gasteiger partial charge in [0.1, 0.15) is 0 Å². The quantitative estimate of drug-likeness (QED) is 0.720. The fraction of sp³-hybridized carbons (Fsp3) is 1.00. The molecule has 2 heteroatoms. The molecule has 1 atom stereocenters. The molecular formula is C11H24N2. The van der Waals surface area contributed by atoms with Crippen molar-refractivity contribution in [2.24, 2.45) is 0 Å². The Hall–Kier alpha value is -0.0800. The molecule has 1 unspecified atom stereocenters. The van der Waals surface area contributed by atoms with Gasteiger partial charge in [-0.3, -0.25) is 0 Å². The fourth-order valence-electron chi connectivity index (χ4n) is 2.09. The second-order valence-corrected chi connectivity index (χ2v) is 4.97. The predicted octanol–water partition coefficient (Wildman–Crippen LogP) is 1.86. The van der Waals surface area contributed by atoms with Crippen LogP contribution < -0.4 is 5.32 Å². The van der Waals surface area contributed by atoms with E-state index in [9.17, 15) is 0 Å². The lowest BCUT2D eigenvalue weighted by Gasteiger charge is -2.37. The van der Waals surface area contributed by atoms with Crippen LogP contribution in [0.2, 0.25) is 0 Å². The zero-order chi connectivity index (χ0) is 9.90. The molecule has 2 nitrogen and oxygen atoms in total. The van der Waals surface area contributed by atoms with Gasteiger partial charge in [-0.05, 0) is 53.8 Å². The third-order valence-corrected chi connectivity index (χ3v) is 3.34. The van der Waals surface area contributed by atoms with Gasteiger partial charge in [-0.2, -0.15) is 0 Å². The van der Waals surface area contributed by atoms with Crippen molar-refractivity contribution in [2.45, 2.75) is 51.1 Å². The van der Waals surface area contributed by atoms with Crippen LogP contribution in [-0.4, -0.2) is 37.1 Å². The average molecular weight is 184 g/mol. The summed E-state index contributed by atoms with van der Waals surface area (Å²) in [4.78, 5) is 2.52. The van der Waals surface area contributed by atoms with Crippen molar-refractivity contribution in [2.75, 3.05) is 20.6 Å². The number of piperidine rings is 1. The highest BCUT2D eigenvalue weighted by Gasteiger charge is 2.25. The molecule has 0 saturated carbocycles. The Morgan fingerprint density at radius 1 is 1.38 bits per heavy atom. The van der Waals surface area contributed by atoms with E-state index in [4.69, 9.17) is 0 Å². The van der Waals surface area contributed by atoms with Gasteiger partial charge in [-0.25, -0.2) is 0 Å². The topological polar surface area (TPSA) is 15.3 Å². The van der Waals surface area contributed by atoms with Crippen LogP contribution in [0, 0.1) is 0 Å². The average Bonchev–Trinajstić information content (AvgIpc) is 2.09. The zero-order valence-electron chi connectivity index (χ0n) is 9.56. The Labute approximate surface area is 82.7 Å². The number of nitrogens with zero attached hydrogens (tertiary/aromatic N) is 1. The lowest BCUT2D eigenvalue weighted by Crippen LogP contribution is -2.46. The Morgan fingerprint density at radius 2 is 2.08 bits per heavy atom. The molecule has 0 aromatic carbocycles. The molecule has 0 aromatic rings. The van der Waals surface area contributed by atoms with Crippen molar-refractivity contribution in [3.05, 3.63) is 0 Å². The van der Waals surface area contributed by atoms with E-state index in [1.165, 1.54) is 32.2 Å². The van der Waals surface area contributed by atoms with Gasteiger partial charge in [0.05, 0.1) is 0 Å². The van der Waals surface area contributed by atoms with Crippen LogP contribution in [0.15, 0.2) is 0 Å². The molecule has 1 N–H and O–H groups in total. The monoisotopic (exact) mass is 184 g/mol. The van der Waals surface area contributed by atoms with Gasteiger partial charge in [0.15, 0.2) is 0 Å². The highest BCUT2D eigenvalue weighted by atomic mass is 15.1. The van der Waals surface area contributed by atoms with Gasteiger partial charge >= 0.3 is 0 Å². The van der Waals surface area contributed by atoms with Gasteiger partial charge in [-0.1, -0.05) is 6.42 Å². The molecule has 1 fully saturated rings. The van der Waals surface area contributed by atoms with Gasteiger partial charge < -0.3 is 10.2 Å². The number of nitrogens with one attached hydrogen (secondary N) is 1. The molecule has 78 valence electrons. The standard InChI is InChI=1S/C11H24N2/c1-11(2,12-3)9-10-7-5-6-8-13(10)4/h10,12H,5-9H2,1-4H3. The first-order valence-corrected chi connectivity index (χ1v) is 5.44. The van der Waals surface area contributed by atoms with Crippen LogP contribution >= 0.6 is 0 Å². The summed E-state index contributed by atoms with van der Waals surface area (Å²) in [5.74, 6) is 0. The molecule has 1 aliphatic heterocycles. The Morgan fingerprint density at radius 3 is 2.62 bits per heavy atom. The maximum absolute atomic E-state index is 3.38. The second-order valence-electron chi connectivity index (χ2n) is 4.97. The second kappa shape index (κ2) is 4.43. The molecule has 13 heavy (non-hydrogen) atoms. The summed E-state index contributed by atoms with van der Waals surface area (Å²) in [7, 11) is 4.32. The molecule has 1 saturated heterocycles. The largest absolute Gasteiger partial charge is 0.315 e. The minimum atomic E-state index is 0.288. The molecule has 0 bridgehead atoms. The minimum absolute atomic E-state index is 0.288. The lowest BCUT2D eigenvalue weighted by molar-refractivity contribution is 0.147. The van der Waals surface area contributed by atoms with Crippen molar-refractivity contribution in [3.8, 4) is 0 Å². The molecule has 0 radical (unpaired) electrons. The van der Waals surface area contributed by atoms with E-state index < -0.39 is 0 Å². The van der Waals surface area contributed by atoms with Crippen LogP contribution in [0.4, 0.5) is 0 Å². The number of rotatable bonds is 3. The van der Waals surface area contributed by atoms with E-state index in [0.717, 1.165) is 6.04 Å². The minimum Gasteiger partial charge on any atom is -0.315 e. The van der Waals surface area contributed by atoms with Crippen molar-refractivity contribution in [1.82, 2.24) is 10.2 Å². The van der Waals surface area contributed by atoms with Crippen LogP contribution in [0.5, 0.6) is 0 Å². The smallest absolute Gasteiger partial charge is 0.0137 e. The maximum atomic E-state index is 3.38. The van der Waals surface area contributed by atoms with E-state index in [-0.39, 0.29) is 5.54 Å². The van der Waals surface area contributed by atoms with Crippen LogP contribution in [0.1, 0.15) is 39.5 Å². The van der Waals surface area contributed by atoms with Crippen molar-refractivity contribution in [3.63, 3.8) is 0 Å². The van der Waals surface area contributed by atoms with E-state index in [1.54, 1.807) is 0 Å². The lowest BCUT2D eigenvalue weighted by atomic mass is 9.90. The SMILES string of the molecule is CNC(C)(C)CC1CCCCN1C. The molecule has 0 aromatic heterocycles. The zero-order valence-corrected chi connectivity index (χ0v) is 9.56. The van der Waals surface area contributed by atoms with E-state index in [2.05, 4.69) is 38.2 Å². The Kier molecular flexibility index (Phi) is 3.74. The molecule has 1 heterocycles. The Balaban J connectivity index is 2.42. The van der Waals surface area contributed by atoms with Crippen LogP contribution in [0.3, 0.4) is 0 Å². The van der Waals surface area contributed by atoms with Crippen LogP contribution in [0.25, 0.3) is 0 Å². The number of hydrogen-bond donors (Lipinski definition) is 1. The first-order valence-electron chi connectivity index (χ1n) is 5.44. The molecule has 0 amide bonds. The third kappa shape index (κ3) is 3.28. The van der Waals surface area contributed by atoms with Crippen LogP contribution in [-0.2, 0) is 0 Å². The molecule has 1 rings (SSSR count). The van der Waals surface area contributed by atoms with Gasteiger partial charge in [0.2, 0.25) is 0 Å². The summed E-state index contributed by atoms with van der Waals surface area (Å²) in [5.41, 5.74) is 0.288. The normalized spacial score (nSPS) is 26.3. The summed E-state index contributed by atoms with van der Waals surface area (Å²) in [5, 5.41) is 3.38. The van der Waals surface area contributed by atoms with Crippen molar-refractivity contribution >= 4 is 0 Å². The summed E-state index contributed by atoms with van der Waals surface area (Å²) in [6.45, 7) is 5.86. The van der Waals surface area contributed by atoms with Crippen molar-refractivity contribution < 1.29 is 0 Å². The first-order chi connectivity index (χ1) is 6.05. The molecule has 1 aliphatic rings. The maximum Gasteiger partial charge on any atom is 0.0137 e. The molecule has 0 aliphatic carbocycles. The Bertz CT molecular complexity index is 154. The number of likely N-dealkylation sites (tertiary alicyclic amines) is 1. The summed E-state index contributed by atoms with van der Waals surface area (Å²) in [6.07, 6.45) is 5.43. The van der Waals surface area contributed by atoms with Crippen molar-refractivity contribution in [1.29, 1.82) is 0 Å². The van der Waals surface area contributed by atoms with Gasteiger partial charge in [-0.15, -0.1) is 0 Å².